The summed E-state index contributed by atoms with van der Waals surface area (Å²) in [6.07, 6.45) is 2.79. The number of likely N-dealkylation sites (N-methyl/N-ethyl adjacent to an activating group) is 1. The standard InChI is InChI=1S/C27H30N2O5/c1-25(2)22(15-16-23(30)33-18-17-29(3)4)27(25,24(31)32)26(19-28,20-11-7-5-8-12-20)34-21-13-9-6-10-14-21/h5-16,22H,17-18H2,1-4H3,(H,31,32)/t22-,26+,27-/m0/s1. The van der Waals surface area contributed by atoms with Crippen molar-refractivity contribution in [2.75, 3.05) is 27.2 Å². The predicted molar refractivity (Wildman–Crippen MR) is 127 cm³/mol. The quantitative estimate of drug-likeness (QED) is 0.423. The lowest BCUT2D eigenvalue weighted by atomic mass is 9.74. The largest absolute Gasteiger partial charge is 0.481 e. The van der Waals surface area contributed by atoms with Crippen LogP contribution >= 0.6 is 0 Å². The molecule has 0 aromatic heterocycles. The molecular weight excluding hydrogens is 432 g/mol. The molecule has 0 amide bonds. The molecule has 7 heteroatoms. The molecule has 2 aromatic carbocycles. The van der Waals surface area contributed by atoms with Crippen molar-refractivity contribution in [3.63, 3.8) is 0 Å². The first-order valence-electron chi connectivity index (χ1n) is 11.1. The van der Waals surface area contributed by atoms with Gasteiger partial charge in [-0.3, -0.25) is 4.79 Å². The van der Waals surface area contributed by atoms with Crippen LogP contribution in [0.2, 0.25) is 0 Å². The van der Waals surface area contributed by atoms with Crippen LogP contribution in [0.4, 0.5) is 0 Å². The second-order valence-corrected chi connectivity index (χ2v) is 9.22. The molecule has 2 aromatic rings. The summed E-state index contributed by atoms with van der Waals surface area (Å²) in [5.41, 5.74) is -3.98. The zero-order valence-corrected chi connectivity index (χ0v) is 19.9. The Balaban J connectivity index is 2.06. The number of rotatable bonds is 10. The Hall–Kier alpha value is -3.63. The molecule has 3 atom stereocenters. The summed E-state index contributed by atoms with van der Waals surface area (Å²) in [7, 11) is 3.74. The number of nitrogens with zero attached hydrogens (tertiary/aromatic N) is 2. The summed E-state index contributed by atoms with van der Waals surface area (Å²) in [6.45, 7) is 4.34. The topological polar surface area (TPSA) is 99.9 Å². The van der Waals surface area contributed by atoms with Crippen molar-refractivity contribution in [3.8, 4) is 11.8 Å². The van der Waals surface area contributed by atoms with Gasteiger partial charge in [0.15, 0.2) is 0 Å². The number of carbonyl (C=O) groups excluding carboxylic acids is 1. The van der Waals surface area contributed by atoms with Gasteiger partial charge in [-0.2, -0.15) is 5.26 Å². The molecule has 1 saturated carbocycles. The van der Waals surface area contributed by atoms with E-state index in [0.29, 0.717) is 17.9 Å². The minimum atomic E-state index is -1.85. The number of carboxylic acid groups (broad SMARTS) is 1. The van der Waals surface area contributed by atoms with Gasteiger partial charge in [-0.1, -0.05) is 68.5 Å². The fourth-order valence-electron chi connectivity index (χ4n) is 4.85. The van der Waals surface area contributed by atoms with E-state index in [0.717, 1.165) is 0 Å². The summed E-state index contributed by atoms with van der Waals surface area (Å²) in [5.74, 6) is -2.02. The fraction of sp³-hybridized carbons (Fsp3) is 0.370. The van der Waals surface area contributed by atoms with E-state index in [1.54, 1.807) is 68.4 Å². The summed E-state index contributed by atoms with van der Waals surface area (Å²) >= 11 is 0. The van der Waals surface area contributed by atoms with Gasteiger partial charge in [0.05, 0.1) is 0 Å². The van der Waals surface area contributed by atoms with Crippen molar-refractivity contribution >= 4 is 11.9 Å². The molecule has 0 radical (unpaired) electrons. The first kappa shape index (κ1) is 25.0. The van der Waals surface area contributed by atoms with Crippen LogP contribution in [-0.4, -0.2) is 49.2 Å². The highest BCUT2D eigenvalue weighted by molar-refractivity contribution is 5.87. The predicted octanol–water partition coefficient (Wildman–Crippen LogP) is 3.87. The average molecular weight is 463 g/mol. The van der Waals surface area contributed by atoms with Crippen LogP contribution < -0.4 is 4.74 Å². The molecule has 3 rings (SSSR count). The van der Waals surface area contributed by atoms with Crippen LogP contribution in [0.25, 0.3) is 0 Å². The van der Waals surface area contributed by atoms with E-state index in [9.17, 15) is 20.0 Å². The number of esters is 1. The summed E-state index contributed by atoms with van der Waals surface area (Å²) in [6, 6.07) is 19.6. The van der Waals surface area contributed by atoms with Gasteiger partial charge in [0, 0.05) is 24.1 Å². The Bertz CT molecular complexity index is 1090. The maximum absolute atomic E-state index is 13.0. The second-order valence-electron chi connectivity index (χ2n) is 9.22. The number of hydrogen-bond acceptors (Lipinski definition) is 6. The number of para-hydroxylation sites is 1. The normalized spacial score (nSPS) is 22.5. The first-order chi connectivity index (χ1) is 16.1. The minimum absolute atomic E-state index is 0.220. The zero-order valence-electron chi connectivity index (χ0n) is 19.9. The number of hydrogen-bond donors (Lipinski definition) is 1. The van der Waals surface area contributed by atoms with E-state index < -0.39 is 34.3 Å². The van der Waals surface area contributed by atoms with Gasteiger partial charge in [-0.05, 0) is 31.6 Å². The van der Waals surface area contributed by atoms with Crippen molar-refractivity contribution in [1.82, 2.24) is 4.90 Å². The SMILES string of the molecule is CN(C)CCOC(=O)C=C[C@H]1C(C)(C)[C@]1(C(=O)O)[C@](C#N)(Oc1ccccc1)c1ccccc1. The number of carbonyl (C=O) groups is 2. The maximum Gasteiger partial charge on any atom is 0.330 e. The number of ether oxygens (including phenoxy) is 2. The summed E-state index contributed by atoms with van der Waals surface area (Å²) in [4.78, 5) is 27.1. The van der Waals surface area contributed by atoms with E-state index in [2.05, 4.69) is 6.07 Å². The number of allylic oxidation sites excluding steroid dienone is 1. The van der Waals surface area contributed by atoms with Crippen LogP contribution in [0.3, 0.4) is 0 Å². The Labute approximate surface area is 200 Å². The van der Waals surface area contributed by atoms with Gasteiger partial charge in [0.1, 0.15) is 23.8 Å². The number of nitriles is 1. The number of carboxylic acids is 1. The van der Waals surface area contributed by atoms with Crippen LogP contribution in [0.1, 0.15) is 19.4 Å². The number of aliphatic carboxylic acids is 1. The molecule has 0 aliphatic heterocycles. The van der Waals surface area contributed by atoms with E-state index >= 15 is 0 Å². The van der Waals surface area contributed by atoms with Gasteiger partial charge < -0.3 is 19.5 Å². The van der Waals surface area contributed by atoms with Crippen molar-refractivity contribution in [1.29, 1.82) is 5.26 Å². The van der Waals surface area contributed by atoms with E-state index in [1.807, 2.05) is 25.1 Å². The monoisotopic (exact) mass is 462 g/mol. The van der Waals surface area contributed by atoms with Gasteiger partial charge in [-0.15, -0.1) is 0 Å². The molecule has 178 valence electrons. The van der Waals surface area contributed by atoms with Crippen molar-refractivity contribution < 1.29 is 24.2 Å². The Morgan fingerprint density at radius 2 is 1.71 bits per heavy atom. The molecular formula is C27H30N2O5. The summed E-state index contributed by atoms with van der Waals surface area (Å²) in [5, 5.41) is 21.1. The molecule has 1 aliphatic carbocycles. The third-order valence-electron chi connectivity index (χ3n) is 6.63. The third-order valence-corrected chi connectivity index (χ3v) is 6.63. The van der Waals surface area contributed by atoms with E-state index in [-0.39, 0.29) is 6.61 Å². The lowest BCUT2D eigenvalue weighted by Gasteiger charge is -2.36. The second kappa shape index (κ2) is 9.70. The van der Waals surface area contributed by atoms with E-state index in [1.165, 1.54) is 12.2 Å². The highest BCUT2D eigenvalue weighted by Gasteiger charge is 2.85. The van der Waals surface area contributed by atoms with Crippen LogP contribution in [-0.2, 0) is 19.9 Å². The van der Waals surface area contributed by atoms with Crippen molar-refractivity contribution in [2.45, 2.75) is 19.4 Å². The Morgan fingerprint density at radius 1 is 1.12 bits per heavy atom. The minimum Gasteiger partial charge on any atom is -0.481 e. The molecule has 0 saturated heterocycles. The third kappa shape index (κ3) is 4.17. The van der Waals surface area contributed by atoms with Gasteiger partial charge in [-0.25, -0.2) is 4.79 Å². The Kier molecular flexibility index (Phi) is 7.13. The summed E-state index contributed by atoms with van der Waals surface area (Å²) < 4.78 is 11.5. The fourth-order valence-corrected chi connectivity index (χ4v) is 4.85. The average Bonchev–Trinajstić information content (AvgIpc) is 3.33. The molecule has 7 nitrogen and oxygen atoms in total. The highest BCUT2D eigenvalue weighted by atomic mass is 16.5. The lowest BCUT2D eigenvalue weighted by molar-refractivity contribution is -0.154. The molecule has 0 unspecified atom stereocenters. The molecule has 1 aliphatic rings. The first-order valence-corrected chi connectivity index (χ1v) is 11.1. The Morgan fingerprint density at radius 3 is 2.24 bits per heavy atom. The lowest BCUT2D eigenvalue weighted by Crippen LogP contribution is -2.49. The van der Waals surface area contributed by atoms with Gasteiger partial charge in [0.25, 0.3) is 0 Å². The molecule has 1 N–H and O–H groups in total. The van der Waals surface area contributed by atoms with Gasteiger partial charge in [0.2, 0.25) is 5.60 Å². The van der Waals surface area contributed by atoms with Gasteiger partial charge >= 0.3 is 11.9 Å². The highest BCUT2D eigenvalue weighted by Crippen LogP contribution is 2.77. The van der Waals surface area contributed by atoms with Crippen LogP contribution in [0.5, 0.6) is 5.75 Å². The molecule has 34 heavy (non-hydrogen) atoms. The van der Waals surface area contributed by atoms with Crippen LogP contribution in [0.15, 0.2) is 72.8 Å². The van der Waals surface area contributed by atoms with Crippen molar-refractivity contribution in [2.24, 2.45) is 16.7 Å². The molecule has 0 spiro atoms. The molecule has 0 bridgehead atoms. The zero-order chi connectivity index (χ0) is 25.0. The molecule has 0 heterocycles. The maximum atomic E-state index is 13.0. The van der Waals surface area contributed by atoms with Crippen molar-refractivity contribution in [3.05, 3.63) is 78.4 Å². The molecule has 1 fully saturated rings. The smallest absolute Gasteiger partial charge is 0.330 e. The van der Waals surface area contributed by atoms with Crippen LogP contribution in [0, 0.1) is 28.1 Å². The van der Waals surface area contributed by atoms with E-state index in [4.69, 9.17) is 9.47 Å². The number of benzene rings is 2.